The van der Waals surface area contributed by atoms with Crippen molar-refractivity contribution in [3.8, 4) is 5.75 Å². The molecule has 0 radical (unpaired) electrons. The number of aryl methyl sites for hydroxylation is 1. The van der Waals surface area contributed by atoms with Gasteiger partial charge < -0.3 is 14.5 Å². The van der Waals surface area contributed by atoms with Crippen LogP contribution in [0, 0.1) is 6.92 Å². The minimum Gasteiger partial charge on any atom is -0.497 e. The highest BCUT2D eigenvalue weighted by Crippen LogP contribution is 2.25. The number of piperazine rings is 1. The maximum atomic E-state index is 12.9. The number of amides is 1. The van der Waals surface area contributed by atoms with E-state index in [0.29, 0.717) is 0 Å². The quantitative estimate of drug-likeness (QED) is 0.839. The maximum Gasteiger partial charge on any atom is 0.241 e. The van der Waals surface area contributed by atoms with Gasteiger partial charge >= 0.3 is 0 Å². The van der Waals surface area contributed by atoms with E-state index < -0.39 is 0 Å². The minimum absolute atomic E-state index is 0.123. The van der Waals surface area contributed by atoms with Crippen molar-refractivity contribution in [1.82, 2.24) is 20.7 Å². The number of nitrogens with one attached hydrogen (secondary N) is 2. The first kappa shape index (κ1) is 18.7. The second-order valence-electron chi connectivity index (χ2n) is 7.35. The van der Waals surface area contributed by atoms with Crippen molar-refractivity contribution in [1.29, 1.82) is 0 Å². The highest BCUT2D eigenvalue weighted by molar-refractivity contribution is 5.82. The molecule has 0 bridgehead atoms. The lowest BCUT2D eigenvalue weighted by Gasteiger charge is -2.36. The van der Waals surface area contributed by atoms with Crippen LogP contribution in [0.4, 0.5) is 5.82 Å². The molecule has 2 atom stereocenters. The number of rotatable bonds is 4. The highest BCUT2D eigenvalue weighted by Gasteiger charge is 2.34. The lowest BCUT2D eigenvalue weighted by molar-refractivity contribution is -0.133. The molecule has 0 spiro atoms. The SMILES string of the molecule is COc1ccc(C2CC(C(=O)N3CCN(c4cccc(C)n4)CC3)NN2)cc1. The Morgan fingerprint density at radius 2 is 1.82 bits per heavy atom. The molecule has 7 nitrogen and oxygen atoms in total. The lowest BCUT2D eigenvalue weighted by Crippen LogP contribution is -2.53. The Labute approximate surface area is 165 Å². The molecule has 2 aromatic rings. The second-order valence-corrected chi connectivity index (χ2v) is 7.35. The van der Waals surface area contributed by atoms with Crippen molar-refractivity contribution in [2.45, 2.75) is 25.4 Å². The van der Waals surface area contributed by atoms with E-state index in [4.69, 9.17) is 4.74 Å². The zero-order chi connectivity index (χ0) is 19.5. The van der Waals surface area contributed by atoms with E-state index in [9.17, 15) is 4.79 Å². The molecule has 1 aromatic heterocycles. The molecule has 28 heavy (non-hydrogen) atoms. The van der Waals surface area contributed by atoms with Crippen LogP contribution in [0.1, 0.15) is 23.7 Å². The van der Waals surface area contributed by atoms with Crippen LogP contribution in [0.5, 0.6) is 5.75 Å². The van der Waals surface area contributed by atoms with E-state index in [2.05, 4.69) is 20.7 Å². The van der Waals surface area contributed by atoms with Gasteiger partial charge in [-0.05, 0) is 43.2 Å². The number of nitrogens with zero attached hydrogens (tertiary/aromatic N) is 3. The summed E-state index contributed by atoms with van der Waals surface area (Å²) in [5, 5.41) is 0. The fourth-order valence-corrected chi connectivity index (χ4v) is 3.85. The van der Waals surface area contributed by atoms with E-state index in [1.165, 1.54) is 0 Å². The van der Waals surface area contributed by atoms with Crippen LogP contribution in [0.25, 0.3) is 0 Å². The fourth-order valence-electron chi connectivity index (χ4n) is 3.85. The summed E-state index contributed by atoms with van der Waals surface area (Å²) < 4.78 is 5.21. The standard InChI is InChI=1S/C21H27N5O2/c1-15-4-3-5-20(22-15)25-10-12-26(13-11-25)21(27)19-14-18(23-24-19)16-6-8-17(28-2)9-7-16/h3-9,18-19,23-24H,10-14H2,1-2H3. The third-order valence-electron chi connectivity index (χ3n) is 5.51. The summed E-state index contributed by atoms with van der Waals surface area (Å²) in [5.74, 6) is 2.00. The molecule has 0 aliphatic carbocycles. The van der Waals surface area contributed by atoms with Gasteiger partial charge in [0.2, 0.25) is 5.91 Å². The predicted octanol–water partition coefficient (Wildman–Crippen LogP) is 1.66. The summed E-state index contributed by atoms with van der Waals surface area (Å²) in [6.45, 7) is 5.06. The first-order valence-corrected chi connectivity index (χ1v) is 9.76. The molecule has 1 aromatic carbocycles. The summed E-state index contributed by atoms with van der Waals surface area (Å²) in [4.78, 5) is 21.7. The number of methoxy groups -OCH3 is 1. The largest absolute Gasteiger partial charge is 0.497 e. The first-order chi connectivity index (χ1) is 13.6. The molecule has 3 heterocycles. The van der Waals surface area contributed by atoms with Crippen molar-refractivity contribution in [3.05, 3.63) is 53.7 Å². The van der Waals surface area contributed by atoms with E-state index in [1.54, 1.807) is 7.11 Å². The van der Waals surface area contributed by atoms with Crippen molar-refractivity contribution < 1.29 is 9.53 Å². The summed E-state index contributed by atoms with van der Waals surface area (Å²) in [6, 6.07) is 14.0. The lowest BCUT2D eigenvalue weighted by atomic mass is 10.0. The molecule has 7 heteroatoms. The Hall–Kier alpha value is -2.64. The minimum atomic E-state index is -0.198. The maximum absolute atomic E-state index is 12.9. The van der Waals surface area contributed by atoms with Gasteiger partial charge in [0.25, 0.3) is 0 Å². The number of pyridine rings is 1. The van der Waals surface area contributed by atoms with Gasteiger partial charge in [0.15, 0.2) is 0 Å². The number of carbonyl (C=O) groups excluding carboxylic acids is 1. The Bertz CT molecular complexity index is 818. The predicted molar refractivity (Wildman–Crippen MR) is 108 cm³/mol. The van der Waals surface area contributed by atoms with E-state index >= 15 is 0 Å². The van der Waals surface area contributed by atoms with Crippen LogP contribution in [0.2, 0.25) is 0 Å². The number of hydrazine groups is 1. The van der Waals surface area contributed by atoms with Gasteiger partial charge in [-0.15, -0.1) is 0 Å². The topological polar surface area (TPSA) is 69.7 Å². The number of carbonyl (C=O) groups is 1. The average molecular weight is 381 g/mol. The molecule has 2 fully saturated rings. The van der Waals surface area contributed by atoms with Gasteiger partial charge in [0.05, 0.1) is 7.11 Å². The summed E-state index contributed by atoms with van der Waals surface area (Å²) in [7, 11) is 1.66. The number of anilines is 1. The molecule has 0 saturated carbocycles. The molecule has 2 N–H and O–H groups in total. The summed E-state index contributed by atoms with van der Waals surface area (Å²) in [6.07, 6.45) is 0.741. The van der Waals surface area contributed by atoms with Crippen LogP contribution in [-0.4, -0.2) is 55.1 Å². The number of benzene rings is 1. The van der Waals surface area contributed by atoms with Crippen LogP contribution >= 0.6 is 0 Å². The summed E-state index contributed by atoms with van der Waals surface area (Å²) in [5.41, 5.74) is 8.61. The monoisotopic (exact) mass is 381 g/mol. The van der Waals surface area contributed by atoms with E-state index in [0.717, 1.165) is 55.4 Å². The van der Waals surface area contributed by atoms with Gasteiger partial charge in [0, 0.05) is 37.9 Å². The van der Waals surface area contributed by atoms with Crippen molar-refractivity contribution >= 4 is 11.7 Å². The van der Waals surface area contributed by atoms with Gasteiger partial charge in [-0.2, -0.15) is 0 Å². The Morgan fingerprint density at radius 3 is 2.50 bits per heavy atom. The van der Waals surface area contributed by atoms with Crippen molar-refractivity contribution in [2.75, 3.05) is 38.2 Å². The van der Waals surface area contributed by atoms with Gasteiger partial charge in [0.1, 0.15) is 17.6 Å². The smallest absolute Gasteiger partial charge is 0.241 e. The van der Waals surface area contributed by atoms with Crippen LogP contribution in [0.3, 0.4) is 0 Å². The van der Waals surface area contributed by atoms with E-state index in [-0.39, 0.29) is 18.0 Å². The van der Waals surface area contributed by atoms with E-state index in [1.807, 2.05) is 54.3 Å². The number of aromatic nitrogens is 1. The Balaban J connectivity index is 1.32. The Kier molecular flexibility index (Phi) is 5.45. The van der Waals surface area contributed by atoms with Crippen LogP contribution < -0.4 is 20.5 Å². The number of hydrogen-bond acceptors (Lipinski definition) is 6. The zero-order valence-electron chi connectivity index (χ0n) is 16.4. The van der Waals surface area contributed by atoms with Crippen molar-refractivity contribution in [3.63, 3.8) is 0 Å². The molecule has 2 aliphatic heterocycles. The summed E-state index contributed by atoms with van der Waals surface area (Å²) >= 11 is 0. The van der Waals surface area contributed by atoms with Gasteiger partial charge in [-0.25, -0.2) is 15.8 Å². The second kappa shape index (κ2) is 8.16. The molecule has 4 rings (SSSR count). The van der Waals surface area contributed by atoms with Crippen LogP contribution in [-0.2, 0) is 4.79 Å². The Morgan fingerprint density at radius 1 is 1.07 bits per heavy atom. The van der Waals surface area contributed by atoms with Crippen molar-refractivity contribution in [2.24, 2.45) is 0 Å². The van der Waals surface area contributed by atoms with Gasteiger partial charge in [-0.3, -0.25) is 4.79 Å². The fraction of sp³-hybridized carbons (Fsp3) is 0.429. The zero-order valence-corrected chi connectivity index (χ0v) is 16.4. The van der Waals surface area contributed by atoms with Crippen LogP contribution in [0.15, 0.2) is 42.5 Å². The average Bonchev–Trinajstić information content (AvgIpc) is 3.24. The highest BCUT2D eigenvalue weighted by atomic mass is 16.5. The molecule has 148 valence electrons. The molecule has 2 saturated heterocycles. The molecule has 1 amide bonds. The molecular weight excluding hydrogens is 354 g/mol. The molecular formula is C21H27N5O2. The number of ether oxygens (including phenoxy) is 1. The third kappa shape index (κ3) is 3.95. The molecule has 2 aliphatic rings. The first-order valence-electron chi connectivity index (χ1n) is 9.76. The van der Waals surface area contributed by atoms with Gasteiger partial charge in [-0.1, -0.05) is 18.2 Å². The normalized spacial score (nSPS) is 22.4. The number of hydrogen-bond donors (Lipinski definition) is 2. The molecule has 2 unspecified atom stereocenters. The third-order valence-corrected chi connectivity index (χ3v) is 5.51.